The summed E-state index contributed by atoms with van der Waals surface area (Å²) in [5, 5.41) is 3.24. The van der Waals surface area contributed by atoms with Crippen LogP contribution in [0.4, 0.5) is 11.5 Å². The van der Waals surface area contributed by atoms with Crippen molar-refractivity contribution in [3.8, 4) is 0 Å². The van der Waals surface area contributed by atoms with E-state index in [-0.39, 0.29) is 5.69 Å². The minimum atomic E-state index is -0.546. The fraction of sp³-hybridized carbons (Fsp3) is 0.571. The van der Waals surface area contributed by atoms with Gasteiger partial charge in [-0.3, -0.25) is 4.79 Å². The molecule has 1 fully saturated rings. The second kappa shape index (κ2) is 4.11. The number of nitrogens with two attached hydrogens (primary N) is 2. The van der Waals surface area contributed by atoms with Gasteiger partial charge in [-0.05, 0) is 28.9 Å². The molecule has 0 unspecified atom stereocenters. The van der Waals surface area contributed by atoms with Gasteiger partial charge in [0.15, 0.2) is 0 Å². The van der Waals surface area contributed by atoms with E-state index >= 15 is 0 Å². The van der Waals surface area contributed by atoms with Crippen molar-refractivity contribution in [3.05, 3.63) is 17.8 Å². The second-order valence-corrected chi connectivity index (χ2v) is 6.38. The minimum absolute atomic E-state index is 0.228. The zero-order chi connectivity index (χ0) is 14.4. The van der Waals surface area contributed by atoms with Crippen molar-refractivity contribution in [3.63, 3.8) is 0 Å². The molecule has 5 nitrogen and oxygen atoms in total. The van der Waals surface area contributed by atoms with Crippen LogP contribution in [0.2, 0.25) is 0 Å². The summed E-state index contributed by atoms with van der Waals surface area (Å²) in [6, 6.07) is 3.19. The van der Waals surface area contributed by atoms with E-state index in [0.717, 1.165) is 6.54 Å². The molecule has 5 N–H and O–H groups in total. The number of nitrogens with zero attached hydrogens (tertiary/aromatic N) is 1. The van der Waals surface area contributed by atoms with E-state index in [2.05, 4.69) is 38.0 Å². The van der Waals surface area contributed by atoms with Crippen molar-refractivity contribution >= 4 is 17.4 Å². The van der Waals surface area contributed by atoms with Crippen LogP contribution in [-0.2, 0) is 0 Å². The van der Waals surface area contributed by atoms with Gasteiger partial charge in [-0.2, -0.15) is 0 Å². The van der Waals surface area contributed by atoms with E-state index in [9.17, 15) is 4.79 Å². The third kappa shape index (κ3) is 2.13. The van der Waals surface area contributed by atoms with E-state index in [4.69, 9.17) is 11.5 Å². The first-order valence-electron chi connectivity index (χ1n) is 6.48. The molecule has 0 bridgehead atoms. The lowest BCUT2D eigenvalue weighted by Gasteiger charge is -2.10. The molecule has 0 saturated heterocycles. The molecule has 0 spiro atoms. The monoisotopic (exact) mass is 262 g/mol. The van der Waals surface area contributed by atoms with E-state index in [1.807, 2.05) is 0 Å². The molecule has 0 aromatic carbocycles. The third-order valence-electron chi connectivity index (χ3n) is 4.97. The van der Waals surface area contributed by atoms with E-state index in [1.165, 1.54) is 6.07 Å². The Morgan fingerprint density at radius 3 is 2.37 bits per heavy atom. The first-order valence-corrected chi connectivity index (χ1v) is 6.48. The Balaban J connectivity index is 2.09. The summed E-state index contributed by atoms with van der Waals surface area (Å²) in [7, 11) is 0. The third-order valence-corrected chi connectivity index (χ3v) is 4.97. The van der Waals surface area contributed by atoms with Crippen molar-refractivity contribution in [1.82, 2.24) is 4.98 Å². The van der Waals surface area contributed by atoms with Gasteiger partial charge in [-0.15, -0.1) is 0 Å². The highest BCUT2D eigenvalue weighted by molar-refractivity contribution is 5.91. The Labute approximate surface area is 113 Å². The smallest absolute Gasteiger partial charge is 0.267 e. The maximum Gasteiger partial charge on any atom is 0.267 e. The molecule has 1 amide bonds. The number of pyridine rings is 1. The Hall–Kier alpha value is -1.78. The number of amides is 1. The number of nitrogens with one attached hydrogen (secondary N) is 1. The molecule has 2 rings (SSSR count). The molecule has 5 heteroatoms. The lowest BCUT2D eigenvalue weighted by molar-refractivity contribution is 0.0995. The summed E-state index contributed by atoms with van der Waals surface area (Å²) in [6.45, 7) is 9.83. The molecule has 1 saturated carbocycles. The van der Waals surface area contributed by atoms with Crippen LogP contribution in [0.25, 0.3) is 0 Å². The van der Waals surface area contributed by atoms with Crippen LogP contribution >= 0.6 is 0 Å². The maximum absolute atomic E-state index is 11.1. The molecular formula is C14H22N4O. The van der Waals surface area contributed by atoms with Gasteiger partial charge < -0.3 is 16.8 Å². The molecule has 19 heavy (non-hydrogen) atoms. The average Bonchev–Trinajstić information content (AvgIpc) is 2.68. The van der Waals surface area contributed by atoms with Crippen LogP contribution in [0.5, 0.6) is 0 Å². The van der Waals surface area contributed by atoms with Crippen LogP contribution in [0, 0.1) is 16.7 Å². The number of carbonyl (C=O) groups excluding carboxylic acids is 1. The van der Waals surface area contributed by atoms with Crippen LogP contribution in [-0.4, -0.2) is 17.4 Å². The van der Waals surface area contributed by atoms with Gasteiger partial charge in [0, 0.05) is 6.54 Å². The number of nitrogen functional groups attached to an aromatic ring is 1. The zero-order valence-corrected chi connectivity index (χ0v) is 11.9. The standard InChI is InChI=1S/C14H22N4O/c1-13(2)10(14(13,3)4)7-17-12-8(15)5-6-9(18-12)11(16)19/h5-6,10H,7,15H2,1-4H3,(H2,16,19)(H,17,18). The molecule has 0 aliphatic heterocycles. The van der Waals surface area contributed by atoms with Gasteiger partial charge in [0.05, 0.1) is 5.69 Å². The number of hydrogen-bond donors (Lipinski definition) is 3. The number of anilines is 2. The van der Waals surface area contributed by atoms with Crippen LogP contribution in [0.1, 0.15) is 38.2 Å². The molecule has 1 aliphatic carbocycles. The van der Waals surface area contributed by atoms with Gasteiger partial charge in [-0.1, -0.05) is 27.7 Å². The molecule has 1 aromatic heterocycles. The fourth-order valence-electron chi connectivity index (χ4n) is 2.79. The highest BCUT2D eigenvalue weighted by Gasteiger charge is 2.64. The maximum atomic E-state index is 11.1. The summed E-state index contributed by atoms with van der Waals surface area (Å²) in [4.78, 5) is 15.3. The van der Waals surface area contributed by atoms with E-state index < -0.39 is 5.91 Å². The SMILES string of the molecule is CC1(C)C(CNc2nc(C(N)=O)ccc2N)C1(C)C. The number of rotatable bonds is 4. The Bertz CT molecular complexity index is 508. The Kier molecular flexibility index (Phi) is 2.96. The molecule has 1 aliphatic rings. The lowest BCUT2D eigenvalue weighted by atomic mass is 10.0. The number of aromatic nitrogens is 1. The van der Waals surface area contributed by atoms with Crippen LogP contribution in [0.15, 0.2) is 12.1 Å². The van der Waals surface area contributed by atoms with E-state index in [1.54, 1.807) is 6.07 Å². The molecule has 1 heterocycles. The molecule has 1 aromatic rings. The lowest BCUT2D eigenvalue weighted by Crippen LogP contribution is -2.16. The summed E-state index contributed by atoms with van der Waals surface area (Å²) < 4.78 is 0. The zero-order valence-electron chi connectivity index (χ0n) is 11.9. The minimum Gasteiger partial charge on any atom is -0.396 e. The largest absolute Gasteiger partial charge is 0.396 e. The quantitative estimate of drug-likeness (QED) is 0.772. The summed E-state index contributed by atoms with van der Waals surface area (Å²) in [6.07, 6.45) is 0. The highest BCUT2D eigenvalue weighted by Crippen LogP contribution is 2.68. The van der Waals surface area contributed by atoms with E-state index in [0.29, 0.717) is 28.3 Å². The first kappa shape index (κ1) is 13.6. The van der Waals surface area contributed by atoms with Crippen LogP contribution < -0.4 is 16.8 Å². The van der Waals surface area contributed by atoms with Gasteiger partial charge in [0.2, 0.25) is 0 Å². The van der Waals surface area contributed by atoms with Crippen molar-refractivity contribution in [2.24, 2.45) is 22.5 Å². The predicted octanol–water partition coefficient (Wildman–Crippen LogP) is 1.86. The molecular weight excluding hydrogens is 240 g/mol. The molecule has 104 valence electrons. The first-order chi connectivity index (χ1) is 8.68. The molecule has 0 radical (unpaired) electrons. The van der Waals surface area contributed by atoms with Crippen molar-refractivity contribution < 1.29 is 4.79 Å². The Morgan fingerprint density at radius 2 is 1.89 bits per heavy atom. The topological polar surface area (TPSA) is 94.0 Å². The van der Waals surface area contributed by atoms with Crippen molar-refractivity contribution in [1.29, 1.82) is 0 Å². The summed E-state index contributed by atoms with van der Waals surface area (Å²) in [5.74, 6) is 0.545. The molecule has 0 atom stereocenters. The average molecular weight is 262 g/mol. The Morgan fingerprint density at radius 1 is 1.32 bits per heavy atom. The highest BCUT2D eigenvalue weighted by atomic mass is 16.1. The number of hydrogen-bond acceptors (Lipinski definition) is 4. The number of primary amides is 1. The number of carbonyl (C=O) groups is 1. The van der Waals surface area contributed by atoms with Crippen molar-refractivity contribution in [2.75, 3.05) is 17.6 Å². The van der Waals surface area contributed by atoms with Crippen molar-refractivity contribution in [2.45, 2.75) is 27.7 Å². The normalized spacial score (nSPS) is 20.0. The van der Waals surface area contributed by atoms with Gasteiger partial charge in [0.1, 0.15) is 11.5 Å². The summed E-state index contributed by atoms with van der Waals surface area (Å²) >= 11 is 0. The van der Waals surface area contributed by atoms with Gasteiger partial charge in [0.25, 0.3) is 5.91 Å². The van der Waals surface area contributed by atoms with Gasteiger partial charge >= 0.3 is 0 Å². The second-order valence-electron chi connectivity index (χ2n) is 6.38. The summed E-state index contributed by atoms with van der Waals surface area (Å²) in [5.41, 5.74) is 12.4. The van der Waals surface area contributed by atoms with Crippen LogP contribution in [0.3, 0.4) is 0 Å². The fourth-order valence-corrected chi connectivity index (χ4v) is 2.79. The predicted molar refractivity (Wildman–Crippen MR) is 76.7 cm³/mol. The van der Waals surface area contributed by atoms with Gasteiger partial charge in [-0.25, -0.2) is 4.98 Å².